The highest BCUT2D eigenvalue weighted by atomic mass is 32.2. The fourth-order valence-corrected chi connectivity index (χ4v) is 8.47. The number of rotatable bonds is 7. The lowest BCUT2D eigenvalue weighted by Gasteiger charge is -2.44. The van der Waals surface area contributed by atoms with Crippen LogP contribution in [0.15, 0.2) is 57.2 Å². The highest BCUT2D eigenvalue weighted by Crippen LogP contribution is 2.51. The molecular formula is C30H45N5O7SSi. The van der Waals surface area contributed by atoms with Crippen LogP contribution >= 0.6 is 0 Å². The van der Waals surface area contributed by atoms with Gasteiger partial charge in [-0.25, -0.2) is 8.98 Å². The zero-order valence-electron chi connectivity index (χ0n) is 26.6. The van der Waals surface area contributed by atoms with Crippen LogP contribution in [0.2, 0.25) is 18.1 Å². The maximum atomic E-state index is 13.5. The predicted octanol–water partition coefficient (Wildman–Crippen LogP) is 1.86. The average molecular weight is 648 g/mol. The first-order valence-corrected chi connectivity index (χ1v) is 19.4. The van der Waals surface area contributed by atoms with Crippen LogP contribution in [0, 0.1) is 6.92 Å². The third-order valence-corrected chi connectivity index (χ3v) is 15.1. The van der Waals surface area contributed by atoms with Crippen molar-refractivity contribution in [3.63, 3.8) is 0 Å². The second kappa shape index (κ2) is 11.6. The normalized spacial score (nSPS) is 28.1. The van der Waals surface area contributed by atoms with Crippen LogP contribution in [-0.2, 0) is 37.1 Å². The van der Waals surface area contributed by atoms with Crippen molar-refractivity contribution in [3.8, 4) is 0 Å². The molecule has 242 valence electrons. The number of aryl methyl sites for hydroxylation is 1. The van der Waals surface area contributed by atoms with Gasteiger partial charge in [-0.3, -0.25) is 23.7 Å². The molecule has 2 N–H and O–H groups in total. The topological polar surface area (TPSA) is 138 Å². The third kappa shape index (κ3) is 6.00. The molecule has 1 aromatic heterocycles. The molecule has 12 nitrogen and oxygen atoms in total. The summed E-state index contributed by atoms with van der Waals surface area (Å²) in [5.74, 6) is 0. The second-order valence-corrected chi connectivity index (χ2v) is 19.8. The first kappa shape index (κ1) is 32.8. The number of benzene rings is 1. The number of aromatic nitrogens is 2. The Morgan fingerprint density at radius 3 is 2.25 bits per heavy atom. The summed E-state index contributed by atoms with van der Waals surface area (Å²) >= 11 is 0. The Morgan fingerprint density at radius 1 is 1.07 bits per heavy atom. The maximum Gasteiger partial charge on any atom is 0.332 e. The minimum atomic E-state index is -4.17. The largest absolute Gasteiger partial charge is 0.406 e. The molecule has 3 aliphatic heterocycles. The van der Waals surface area contributed by atoms with Crippen LogP contribution in [0.5, 0.6) is 0 Å². The lowest BCUT2D eigenvalue weighted by Crippen LogP contribution is -2.60. The zero-order chi connectivity index (χ0) is 32.2. The van der Waals surface area contributed by atoms with Gasteiger partial charge in [-0.05, 0) is 30.6 Å². The Balaban J connectivity index is 1.52. The minimum absolute atomic E-state index is 0.0222. The van der Waals surface area contributed by atoms with Gasteiger partial charge in [0.1, 0.15) is 12.2 Å². The van der Waals surface area contributed by atoms with Gasteiger partial charge in [0.2, 0.25) is 0 Å². The van der Waals surface area contributed by atoms with Gasteiger partial charge in [0.25, 0.3) is 15.7 Å². The van der Waals surface area contributed by atoms with Crippen LogP contribution in [0.25, 0.3) is 0 Å². The van der Waals surface area contributed by atoms with Crippen molar-refractivity contribution in [2.45, 2.75) is 76.4 Å². The second-order valence-electron chi connectivity index (χ2n) is 13.7. The van der Waals surface area contributed by atoms with Gasteiger partial charge in [0.05, 0.1) is 11.1 Å². The molecule has 1 unspecified atom stereocenters. The van der Waals surface area contributed by atoms with E-state index in [1.54, 1.807) is 6.92 Å². The van der Waals surface area contributed by atoms with E-state index in [0.717, 1.165) is 42.7 Å². The fraction of sp³-hybridized carbons (Fsp3) is 0.600. The standard InChI is InChI=1S/C30H45N5O7SSi/c1-21-17-35(28(37)32(5)26(21)36)27-25(41-44(6,7)29(2,3)4)30(23(31)20-43(38,39)42-30)24(40-27)19-34-15-13-33(14-16-34)18-22-11-9-8-10-12-22/h8-12,17,20,24-25,27H,13-16,18-19,31H2,1-7H3/t24-,25+,27-,30?/m1/s1. The number of piperazine rings is 1. The minimum Gasteiger partial charge on any atom is -0.406 e. The molecule has 4 atom stereocenters. The van der Waals surface area contributed by atoms with Crippen LogP contribution in [-0.4, -0.2) is 86.2 Å². The first-order valence-electron chi connectivity index (χ1n) is 15.0. The van der Waals surface area contributed by atoms with E-state index in [0.29, 0.717) is 12.1 Å². The maximum absolute atomic E-state index is 13.5. The molecule has 3 aliphatic rings. The Labute approximate surface area is 260 Å². The first-order chi connectivity index (χ1) is 20.4. The SMILES string of the molecule is Cc1cn([C@@H]2O[C@H](CN3CCN(Cc4ccccc4)CC3)C3(OS(=O)(=O)C=C3N)[C@H]2O[Si](C)(C)C(C)(C)C)c(=O)n(C)c1=O. The molecular weight excluding hydrogens is 603 g/mol. The van der Waals surface area contributed by atoms with Crippen molar-refractivity contribution >= 4 is 18.4 Å². The van der Waals surface area contributed by atoms with Gasteiger partial charge in [-0.2, -0.15) is 8.42 Å². The van der Waals surface area contributed by atoms with Gasteiger partial charge in [-0.15, -0.1) is 0 Å². The summed E-state index contributed by atoms with van der Waals surface area (Å²) in [5, 5.41) is 0.659. The molecule has 14 heteroatoms. The highest BCUT2D eigenvalue weighted by Gasteiger charge is 2.67. The van der Waals surface area contributed by atoms with E-state index in [4.69, 9.17) is 19.1 Å². The third-order valence-electron chi connectivity index (χ3n) is 9.56. The smallest absolute Gasteiger partial charge is 0.332 e. The van der Waals surface area contributed by atoms with E-state index in [1.807, 2.05) is 31.3 Å². The number of hydrogen-bond donors (Lipinski definition) is 1. The van der Waals surface area contributed by atoms with Gasteiger partial charge < -0.3 is 14.9 Å². The molecule has 2 saturated heterocycles. The summed E-state index contributed by atoms with van der Waals surface area (Å²) in [7, 11) is -5.41. The molecule has 1 aromatic carbocycles. The molecule has 44 heavy (non-hydrogen) atoms. The van der Waals surface area contributed by atoms with E-state index in [-0.39, 0.29) is 10.7 Å². The molecule has 1 spiro atoms. The van der Waals surface area contributed by atoms with E-state index in [2.05, 4.69) is 42.7 Å². The average Bonchev–Trinajstić information content (AvgIpc) is 3.36. The van der Waals surface area contributed by atoms with Crippen LogP contribution < -0.4 is 17.0 Å². The van der Waals surface area contributed by atoms with E-state index in [1.165, 1.54) is 23.4 Å². The lowest BCUT2D eigenvalue weighted by atomic mass is 9.88. The number of ether oxygens (including phenoxy) is 1. The lowest BCUT2D eigenvalue weighted by molar-refractivity contribution is -0.0548. The number of nitrogens with zero attached hydrogens (tertiary/aromatic N) is 4. The molecule has 0 amide bonds. The molecule has 2 fully saturated rings. The van der Waals surface area contributed by atoms with E-state index in [9.17, 15) is 18.0 Å². The summed E-state index contributed by atoms with van der Waals surface area (Å²) in [6, 6.07) is 10.3. The highest BCUT2D eigenvalue weighted by molar-refractivity contribution is 7.90. The molecule has 0 saturated carbocycles. The molecule has 0 radical (unpaired) electrons. The van der Waals surface area contributed by atoms with Crippen molar-refractivity contribution in [1.29, 1.82) is 0 Å². The summed E-state index contributed by atoms with van der Waals surface area (Å²) in [6.45, 7) is 16.1. The van der Waals surface area contributed by atoms with Crippen LogP contribution in [0.1, 0.15) is 38.1 Å². The van der Waals surface area contributed by atoms with Crippen molar-refractivity contribution < 1.29 is 21.8 Å². The van der Waals surface area contributed by atoms with Crippen molar-refractivity contribution in [3.05, 3.63) is 79.6 Å². The monoisotopic (exact) mass is 647 g/mol. The predicted molar refractivity (Wildman–Crippen MR) is 170 cm³/mol. The zero-order valence-corrected chi connectivity index (χ0v) is 28.5. The number of hydrogen-bond acceptors (Lipinski definition) is 10. The summed E-state index contributed by atoms with van der Waals surface area (Å²) in [4.78, 5) is 30.7. The molecule has 2 aromatic rings. The van der Waals surface area contributed by atoms with Crippen molar-refractivity contribution in [2.24, 2.45) is 12.8 Å². The van der Waals surface area contributed by atoms with Crippen molar-refractivity contribution in [1.82, 2.24) is 18.9 Å². The summed E-state index contributed by atoms with van der Waals surface area (Å²) < 4.78 is 47.9. The van der Waals surface area contributed by atoms with Crippen molar-refractivity contribution in [2.75, 3.05) is 32.7 Å². The quantitative estimate of drug-likeness (QED) is 0.350. The van der Waals surface area contributed by atoms with Gasteiger partial charge >= 0.3 is 5.69 Å². The Hall–Kier alpha value is -2.59. The van der Waals surface area contributed by atoms with E-state index >= 15 is 0 Å². The van der Waals surface area contributed by atoms with Crippen LogP contribution in [0.3, 0.4) is 0 Å². The molecule has 0 bridgehead atoms. The number of nitrogens with two attached hydrogens (primary N) is 1. The Kier molecular flexibility index (Phi) is 8.68. The van der Waals surface area contributed by atoms with Gasteiger partial charge in [0.15, 0.2) is 20.1 Å². The molecule has 0 aliphatic carbocycles. The summed E-state index contributed by atoms with van der Waals surface area (Å²) in [6.07, 6.45) is -1.64. The molecule has 5 rings (SSSR count). The van der Waals surface area contributed by atoms with Gasteiger partial charge in [0, 0.05) is 58.1 Å². The summed E-state index contributed by atoms with van der Waals surface area (Å²) in [5.41, 5.74) is 5.39. The van der Waals surface area contributed by atoms with Gasteiger partial charge in [-0.1, -0.05) is 51.1 Å². The Bertz CT molecular complexity index is 1640. The van der Waals surface area contributed by atoms with Crippen LogP contribution in [0.4, 0.5) is 0 Å². The Morgan fingerprint density at radius 2 is 1.68 bits per heavy atom. The fourth-order valence-electron chi connectivity index (χ4n) is 5.96. The molecule has 4 heterocycles. The van der Waals surface area contributed by atoms with E-state index < -0.39 is 53.7 Å².